The molecule has 2 rings (SSSR count). The minimum absolute atomic E-state index is 0.0329. The lowest BCUT2D eigenvalue weighted by atomic mass is 10.1. The fourth-order valence-electron chi connectivity index (χ4n) is 1.78. The van der Waals surface area contributed by atoms with Crippen LogP contribution in [0.4, 0.5) is 5.69 Å². The number of nitriles is 1. The van der Waals surface area contributed by atoms with Crippen molar-refractivity contribution in [2.45, 2.75) is 19.4 Å². The van der Waals surface area contributed by atoms with Crippen LogP contribution in [0.5, 0.6) is 0 Å². The van der Waals surface area contributed by atoms with Gasteiger partial charge in [-0.25, -0.2) is 4.98 Å². The first-order valence-electron chi connectivity index (χ1n) is 5.70. The molecule has 0 aliphatic rings. The van der Waals surface area contributed by atoms with Gasteiger partial charge in [-0.3, -0.25) is 0 Å². The Hall–Kier alpha value is -1.99. The van der Waals surface area contributed by atoms with Gasteiger partial charge in [0.05, 0.1) is 22.3 Å². The molecule has 2 aromatic rings. The van der Waals surface area contributed by atoms with Crippen molar-refractivity contribution in [1.82, 2.24) is 9.97 Å². The minimum Gasteiger partial charge on any atom is -0.374 e. The Bertz CT molecular complexity index is 557. The van der Waals surface area contributed by atoms with E-state index in [1.54, 1.807) is 18.5 Å². The first-order valence-corrected chi connectivity index (χ1v) is 6.08. The van der Waals surface area contributed by atoms with Gasteiger partial charge in [-0.15, -0.1) is 0 Å². The molecule has 1 unspecified atom stereocenters. The molecule has 0 aliphatic carbocycles. The van der Waals surface area contributed by atoms with Gasteiger partial charge in [0.2, 0.25) is 0 Å². The van der Waals surface area contributed by atoms with Crippen LogP contribution < -0.4 is 5.32 Å². The molecular formula is C13H13ClN4. The Morgan fingerprint density at radius 1 is 1.56 bits per heavy atom. The summed E-state index contributed by atoms with van der Waals surface area (Å²) in [4.78, 5) is 7.30. The zero-order valence-electron chi connectivity index (χ0n) is 9.94. The number of aromatic amines is 1. The zero-order valence-corrected chi connectivity index (χ0v) is 10.7. The predicted octanol–water partition coefficient (Wildman–Crippen LogP) is 3.50. The number of nitrogens with one attached hydrogen (secondary N) is 2. The number of imidazole rings is 1. The molecule has 0 spiro atoms. The topological polar surface area (TPSA) is 64.5 Å². The van der Waals surface area contributed by atoms with Crippen molar-refractivity contribution in [2.24, 2.45) is 0 Å². The van der Waals surface area contributed by atoms with Crippen molar-refractivity contribution in [3.8, 4) is 6.07 Å². The molecule has 1 aromatic carbocycles. The molecular weight excluding hydrogens is 248 g/mol. The van der Waals surface area contributed by atoms with Crippen molar-refractivity contribution in [3.05, 3.63) is 47.0 Å². The van der Waals surface area contributed by atoms with E-state index in [0.29, 0.717) is 10.6 Å². The van der Waals surface area contributed by atoms with E-state index in [4.69, 9.17) is 16.9 Å². The van der Waals surface area contributed by atoms with Gasteiger partial charge in [-0.05, 0) is 18.6 Å². The highest BCUT2D eigenvalue weighted by molar-refractivity contribution is 6.32. The first-order chi connectivity index (χ1) is 8.76. The Balaban J connectivity index is 2.29. The number of rotatable bonds is 4. The van der Waals surface area contributed by atoms with Gasteiger partial charge in [0.15, 0.2) is 0 Å². The summed E-state index contributed by atoms with van der Waals surface area (Å²) in [5.74, 6) is 0.848. The average molecular weight is 261 g/mol. The first kappa shape index (κ1) is 12.5. The van der Waals surface area contributed by atoms with E-state index in [2.05, 4.69) is 28.3 Å². The van der Waals surface area contributed by atoms with Gasteiger partial charge >= 0.3 is 0 Å². The summed E-state index contributed by atoms with van der Waals surface area (Å²) in [6.45, 7) is 2.05. The Labute approximate surface area is 111 Å². The molecule has 0 fully saturated rings. The molecule has 1 aromatic heterocycles. The minimum atomic E-state index is 0.0329. The number of halogens is 1. The summed E-state index contributed by atoms with van der Waals surface area (Å²) in [7, 11) is 0. The van der Waals surface area contributed by atoms with Crippen LogP contribution in [0.15, 0.2) is 30.6 Å². The number of anilines is 1. The molecule has 18 heavy (non-hydrogen) atoms. The molecule has 2 N–H and O–H groups in total. The SMILES string of the molecule is CCC(Nc1cccc(Cl)c1C#N)c1ncc[nH]1. The van der Waals surface area contributed by atoms with Crippen molar-refractivity contribution in [3.63, 3.8) is 0 Å². The van der Waals surface area contributed by atoms with Crippen molar-refractivity contribution in [1.29, 1.82) is 5.26 Å². The Morgan fingerprint density at radius 3 is 3.00 bits per heavy atom. The number of hydrogen-bond acceptors (Lipinski definition) is 3. The molecule has 0 aliphatic heterocycles. The van der Waals surface area contributed by atoms with Crippen molar-refractivity contribution < 1.29 is 0 Å². The smallest absolute Gasteiger partial charge is 0.128 e. The second kappa shape index (κ2) is 5.56. The van der Waals surface area contributed by atoms with E-state index in [0.717, 1.165) is 17.9 Å². The van der Waals surface area contributed by atoms with Gasteiger partial charge in [-0.1, -0.05) is 24.6 Å². The normalized spacial score (nSPS) is 11.8. The Morgan fingerprint density at radius 2 is 2.39 bits per heavy atom. The third kappa shape index (κ3) is 2.47. The van der Waals surface area contributed by atoms with Crippen LogP contribution in [0.2, 0.25) is 5.02 Å². The summed E-state index contributed by atoms with van der Waals surface area (Å²) >= 11 is 6.00. The molecule has 0 amide bonds. The molecule has 0 radical (unpaired) electrons. The molecule has 0 bridgehead atoms. The maximum absolute atomic E-state index is 9.12. The third-order valence-corrected chi connectivity index (χ3v) is 3.03. The maximum Gasteiger partial charge on any atom is 0.128 e. The monoisotopic (exact) mass is 260 g/mol. The quantitative estimate of drug-likeness (QED) is 0.884. The van der Waals surface area contributed by atoms with Gasteiger partial charge in [0, 0.05) is 12.4 Å². The number of aromatic nitrogens is 2. The van der Waals surface area contributed by atoms with Crippen LogP contribution in [0, 0.1) is 11.3 Å². The molecule has 92 valence electrons. The second-order valence-corrected chi connectivity index (χ2v) is 4.26. The van der Waals surface area contributed by atoms with Crippen LogP contribution in [0.1, 0.15) is 30.8 Å². The van der Waals surface area contributed by atoms with E-state index in [9.17, 15) is 0 Å². The van der Waals surface area contributed by atoms with Crippen LogP contribution in [-0.4, -0.2) is 9.97 Å². The highest BCUT2D eigenvalue weighted by atomic mass is 35.5. The van der Waals surface area contributed by atoms with E-state index in [-0.39, 0.29) is 6.04 Å². The van der Waals surface area contributed by atoms with Gasteiger partial charge in [-0.2, -0.15) is 5.26 Å². The van der Waals surface area contributed by atoms with Gasteiger partial charge in [0.1, 0.15) is 11.9 Å². The molecule has 0 saturated heterocycles. The maximum atomic E-state index is 9.12. The van der Waals surface area contributed by atoms with E-state index < -0.39 is 0 Å². The number of H-pyrrole nitrogens is 1. The summed E-state index contributed by atoms with van der Waals surface area (Å²) < 4.78 is 0. The van der Waals surface area contributed by atoms with Gasteiger partial charge in [0.25, 0.3) is 0 Å². The number of hydrogen-bond donors (Lipinski definition) is 2. The second-order valence-electron chi connectivity index (χ2n) is 3.85. The highest BCUT2D eigenvalue weighted by Crippen LogP contribution is 2.27. The van der Waals surface area contributed by atoms with E-state index >= 15 is 0 Å². The van der Waals surface area contributed by atoms with Crippen molar-refractivity contribution in [2.75, 3.05) is 5.32 Å². The fourth-order valence-corrected chi connectivity index (χ4v) is 1.99. The van der Waals surface area contributed by atoms with E-state index in [1.165, 1.54) is 0 Å². The molecule has 4 nitrogen and oxygen atoms in total. The van der Waals surface area contributed by atoms with Gasteiger partial charge < -0.3 is 10.3 Å². The molecule has 1 atom stereocenters. The largest absolute Gasteiger partial charge is 0.374 e. The fraction of sp³-hybridized carbons (Fsp3) is 0.231. The van der Waals surface area contributed by atoms with Crippen LogP contribution >= 0.6 is 11.6 Å². The summed E-state index contributed by atoms with van der Waals surface area (Å²) in [5.41, 5.74) is 1.19. The average Bonchev–Trinajstić information content (AvgIpc) is 2.89. The molecule has 1 heterocycles. The Kier molecular flexibility index (Phi) is 3.85. The lowest BCUT2D eigenvalue weighted by Crippen LogP contribution is -2.12. The zero-order chi connectivity index (χ0) is 13.0. The summed E-state index contributed by atoms with van der Waals surface area (Å²) in [5, 5.41) is 12.9. The predicted molar refractivity (Wildman–Crippen MR) is 71.4 cm³/mol. The number of nitrogens with zero attached hydrogens (tertiary/aromatic N) is 2. The van der Waals surface area contributed by atoms with Crippen molar-refractivity contribution >= 4 is 17.3 Å². The van der Waals surface area contributed by atoms with Crippen LogP contribution in [0.3, 0.4) is 0 Å². The lowest BCUT2D eigenvalue weighted by Gasteiger charge is -2.17. The standard InChI is InChI=1S/C13H13ClN4/c1-2-11(13-16-6-7-17-13)18-12-5-3-4-10(14)9(12)8-15/h3-7,11,18H,2H2,1H3,(H,16,17). The summed E-state index contributed by atoms with van der Waals surface area (Å²) in [6.07, 6.45) is 4.34. The van der Waals surface area contributed by atoms with Crippen LogP contribution in [0.25, 0.3) is 0 Å². The lowest BCUT2D eigenvalue weighted by molar-refractivity contribution is 0.704. The third-order valence-electron chi connectivity index (χ3n) is 2.71. The van der Waals surface area contributed by atoms with E-state index in [1.807, 2.05) is 12.1 Å². The molecule has 5 heteroatoms. The highest BCUT2D eigenvalue weighted by Gasteiger charge is 2.14. The summed E-state index contributed by atoms with van der Waals surface area (Å²) in [6, 6.07) is 7.52. The molecule has 0 saturated carbocycles. The number of benzene rings is 1. The van der Waals surface area contributed by atoms with Crippen LogP contribution in [-0.2, 0) is 0 Å².